The predicted molar refractivity (Wildman–Crippen MR) is 87.1 cm³/mol. The SMILES string of the molecule is O=C(c1ccco1)N1CC[C@H](Oc2cc(N3CCCC3)ncn2)C1. The maximum Gasteiger partial charge on any atom is 0.289 e. The zero-order valence-corrected chi connectivity index (χ0v) is 13.4. The molecule has 7 nitrogen and oxygen atoms in total. The fourth-order valence-electron chi connectivity index (χ4n) is 3.25. The van der Waals surface area contributed by atoms with Gasteiger partial charge in [0.1, 0.15) is 18.2 Å². The molecular formula is C17H20N4O3. The number of likely N-dealkylation sites (tertiary alicyclic amines) is 1. The molecule has 0 N–H and O–H groups in total. The van der Waals surface area contributed by atoms with E-state index in [9.17, 15) is 4.79 Å². The van der Waals surface area contributed by atoms with E-state index in [4.69, 9.17) is 9.15 Å². The van der Waals surface area contributed by atoms with E-state index in [2.05, 4.69) is 14.9 Å². The number of aromatic nitrogens is 2. The summed E-state index contributed by atoms with van der Waals surface area (Å²) in [5.74, 6) is 1.77. The van der Waals surface area contributed by atoms with Crippen LogP contribution in [0.5, 0.6) is 5.88 Å². The first-order valence-electron chi connectivity index (χ1n) is 8.36. The topological polar surface area (TPSA) is 71.7 Å². The molecule has 2 aliphatic rings. The van der Waals surface area contributed by atoms with E-state index in [0.717, 1.165) is 25.3 Å². The minimum atomic E-state index is -0.0912. The monoisotopic (exact) mass is 328 g/mol. The van der Waals surface area contributed by atoms with Crippen LogP contribution in [0, 0.1) is 0 Å². The van der Waals surface area contributed by atoms with Crippen molar-refractivity contribution in [1.29, 1.82) is 0 Å². The second kappa shape index (κ2) is 6.51. The largest absolute Gasteiger partial charge is 0.472 e. The van der Waals surface area contributed by atoms with E-state index in [1.165, 1.54) is 19.1 Å². The third-order valence-electron chi connectivity index (χ3n) is 4.51. The number of ether oxygens (including phenoxy) is 1. The summed E-state index contributed by atoms with van der Waals surface area (Å²) >= 11 is 0. The molecule has 0 unspecified atom stereocenters. The molecule has 2 fully saturated rings. The lowest BCUT2D eigenvalue weighted by Crippen LogP contribution is -2.30. The minimum absolute atomic E-state index is 0.0507. The molecule has 24 heavy (non-hydrogen) atoms. The van der Waals surface area contributed by atoms with Crippen molar-refractivity contribution in [3.8, 4) is 5.88 Å². The maximum atomic E-state index is 12.3. The Morgan fingerprint density at radius 2 is 2.12 bits per heavy atom. The first-order chi connectivity index (χ1) is 11.8. The third kappa shape index (κ3) is 3.06. The Kier molecular flexibility index (Phi) is 4.06. The Hall–Kier alpha value is -2.57. The van der Waals surface area contributed by atoms with Gasteiger partial charge in [-0.15, -0.1) is 0 Å². The quantitative estimate of drug-likeness (QED) is 0.854. The van der Waals surface area contributed by atoms with Crippen LogP contribution in [-0.2, 0) is 0 Å². The van der Waals surface area contributed by atoms with Crippen molar-refractivity contribution >= 4 is 11.7 Å². The molecule has 7 heteroatoms. The summed E-state index contributed by atoms with van der Waals surface area (Å²) in [5, 5.41) is 0. The molecule has 0 aliphatic carbocycles. The molecule has 4 heterocycles. The van der Waals surface area contributed by atoms with Gasteiger partial charge in [0.2, 0.25) is 5.88 Å². The van der Waals surface area contributed by atoms with Gasteiger partial charge >= 0.3 is 0 Å². The van der Waals surface area contributed by atoms with E-state index < -0.39 is 0 Å². The zero-order chi connectivity index (χ0) is 16.4. The number of carbonyl (C=O) groups excluding carboxylic acids is 1. The Morgan fingerprint density at radius 1 is 1.25 bits per heavy atom. The smallest absolute Gasteiger partial charge is 0.289 e. The average Bonchev–Trinajstić information content (AvgIpc) is 3.36. The molecule has 1 amide bonds. The van der Waals surface area contributed by atoms with Crippen LogP contribution in [0.4, 0.5) is 5.82 Å². The first kappa shape index (κ1) is 15.0. The molecule has 0 radical (unpaired) electrons. The van der Waals surface area contributed by atoms with Crippen molar-refractivity contribution in [3.63, 3.8) is 0 Å². The van der Waals surface area contributed by atoms with Crippen LogP contribution in [0.25, 0.3) is 0 Å². The van der Waals surface area contributed by atoms with Crippen LogP contribution in [0.15, 0.2) is 35.2 Å². The molecule has 0 aromatic carbocycles. The zero-order valence-electron chi connectivity index (χ0n) is 13.4. The average molecular weight is 328 g/mol. The third-order valence-corrected chi connectivity index (χ3v) is 4.51. The van der Waals surface area contributed by atoms with Crippen LogP contribution >= 0.6 is 0 Å². The van der Waals surface area contributed by atoms with Gasteiger partial charge in [-0.3, -0.25) is 4.79 Å². The molecule has 2 aromatic rings. The second-order valence-corrected chi connectivity index (χ2v) is 6.17. The molecule has 0 saturated carbocycles. The molecule has 1 atom stereocenters. The van der Waals surface area contributed by atoms with Crippen LogP contribution in [0.3, 0.4) is 0 Å². The van der Waals surface area contributed by atoms with Crippen molar-refractivity contribution in [2.24, 2.45) is 0 Å². The van der Waals surface area contributed by atoms with Crippen molar-refractivity contribution in [2.75, 3.05) is 31.1 Å². The predicted octanol–water partition coefficient (Wildman–Crippen LogP) is 1.96. The van der Waals surface area contributed by atoms with Gasteiger partial charge < -0.3 is 19.0 Å². The molecule has 2 saturated heterocycles. The summed E-state index contributed by atoms with van der Waals surface area (Å²) in [6, 6.07) is 5.30. The number of rotatable bonds is 4. The van der Waals surface area contributed by atoms with E-state index in [-0.39, 0.29) is 12.0 Å². The number of nitrogens with zero attached hydrogens (tertiary/aromatic N) is 4. The maximum absolute atomic E-state index is 12.3. The summed E-state index contributed by atoms with van der Waals surface area (Å²) < 4.78 is 11.1. The summed E-state index contributed by atoms with van der Waals surface area (Å²) in [7, 11) is 0. The van der Waals surface area contributed by atoms with Gasteiger partial charge in [-0.2, -0.15) is 0 Å². The number of anilines is 1. The van der Waals surface area contributed by atoms with Crippen molar-refractivity contribution in [1.82, 2.24) is 14.9 Å². The second-order valence-electron chi connectivity index (χ2n) is 6.17. The van der Waals surface area contributed by atoms with Gasteiger partial charge in [0.25, 0.3) is 5.91 Å². The Bertz CT molecular complexity index is 698. The molecule has 0 spiro atoms. The van der Waals surface area contributed by atoms with Crippen LogP contribution in [0.2, 0.25) is 0 Å². The standard InChI is InChI=1S/C17H20N4O3/c22-17(14-4-3-9-23-14)21-8-5-13(11-21)24-16-10-15(18-12-19-16)20-6-1-2-7-20/h3-4,9-10,12-13H,1-2,5-8,11H2/t13-/m0/s1. The normalized spacial score (nSPS) is 20.6. The molecule has 0 bridgehead atoms. The highest BCUT2D eigenvalue weighted by molar-refractivity contribution is 5.91. The van der Waals surface area contributed by atoms with E-state index >= 15 is 0 Å². The van der Waals surface area contributed by atoms with Gasteiger partial charge in [0.05, 0.1) is 12.8 Å². The Labute approximate surface area is 140 Å². The van der Waals surface area contributed by atoms with Crippen molar-refractivity contribution < 1.29 is 13.9 Å². The highest BCUT2D eigenvalue weighted by atomic mass is 16.5. The first-order valence-corrected chi connectivity index (χ1v) is 8.36. The minimum Gasteiger partial charge on any atom is -0.472 e. The van der Waals surface area contributed by atoms with Gasteiger partial charge in [0.15, 0.2) is 5.76 Å². The van der Waals surface area contributed by atoms with Crippen LogP contribution in [0.1, 0.15) is 29.8 Å². The number of hydrogen-bond donors (Lipinski definition) is 0. The number of furan rings is 1. The van der Waals surface area contributed by atoms with Gasteiger partial charge in [-0.05, 0) is 25.0 Å². The fraction of sp³-hybridized carbons (Fsp3) is 0.471. The highest BCUT2D eigenvalue weighted by Crippen LogP contribution is 2.23. The van der Waals surface area contributed by atoms with Crippen molar-refractivity contribution in [2.45, 2.75) is 25.4 Å². The van der Waals surface area contributed by atoms with E-state index in [1.807, 2.05) is 6.07 Å². The molecule has 126 valence electrons. The van der Waals surface area contributed by atoms with Crippen LogP contribution in [-0.4, -0.2) is 53.1 Å². The Balaban J connectivity index is 1.38. The van der Waals surface area contributed by atoms with Crippen LogP contribution < -0.4 is 9.64 Å². The molecular weight excluding hydrogens is 308 g/mol. The summed E-state index contributed by atoms with van der Waals surface area (Å²) in [6.45, 7) is 3.27. The summed E-state index contributed by atoms with van der Waals surface area (Å²) in [4.78, 5) is 24.8. The lowest BCUT2D eigenvalue weighted by molar-refractivity contribution is 0.0740. The number of carbonyl (C=O) groups is 1. The lowest BCUT2D eigenvalue weighted by atomic mass is 10.3. The fourth-order valence-corrected chi connectivity index (χ4v) is 3.25. The number of hydrogen-bond acceptors (Lipinski definition) is 6. The molecule has 2 aromatic heterocycles. The summed E-state index contributed by atoms with van der Waals surface area (Å²) in [6.07, 6.45) is 6.20. The molecule has 2 aliphatic heterocycles. The van der Waals surface area contributed by atoms with E-state index in [1.54, 1.807) is 23.4 Å². The van der Waals surface area contributed by atoms with Gasteiger partial charge in [-0.25, -0.2) is 9.97 Å². The highest BCUT2D eigenvalue weighted by Gasteiger charge is 2.30. The molecule has 4 rings (SSSR count). The van der Waals surface area contributed by atoms with E-state index in [0.29, 0.717) is 24.7 Å². The van der Waals surface area contributed by atoms with Gasteiger partial charge in [-0.1, -0.05) is 0 Å². The number of amides is 1. The van der Waals surface area contributed by atoms with Gasteiger partial charge in [0, 0.05) is 32.1 Å². The van der Waals surface area contributed by atoms with Crippen molar-refractivity contribution in [3.05, 3.63) is 36.5 Å². The Morgan fingerprint density at radius 3 is 2.92 bits per heavy atom. The lowest BCUT2D eigenvalue weighted by Gasteiger charge is -2.18. The summed E-state index contributed by atoms with van der Waals surface area (Å²) in [5.41, 5.74) is 0.